The molecule has 0 amide bonds. The van der Waals surface area contributed by atoms with Crippen LogP contribution in [-0.2, 0) is 13.1 Å². The van der Waals surface area contributed by atoms with E-state index >= 15 is 0 Å². The molecule has 0 spiro atoms. The molecule has 2 heterocycles. The molecule has 0 aromatic carbocycles. The van der Waals surface area contributed by atoms with Crippen molar-refractivity contribution in [1.82, 2.24) is 14.7 Å². The maximum absolute atomic E-state index is 10.3. The van der Waals surface area contributed by atoms with Crippen molar-refractivity contribution < 1.29 is 5.11 Å². The van der Waals surface area contributed by atoms with Crippen LogP contribution in [0.25, 0.3) is 0 Å². The van der Waals surface area contributed by atoms with E-state index in [1.54, 1.807) is 0 Å². The minimum atomic E-state index is -0.353. The van der Waals surface area contributed by atoms with Crippen molar-refractivity contribution in [2.24, 2.45) is 5.92 Å². The van der Waals surface area contributed by atoms with Gasteiger partial charge in [0, 0.05) is 19.6 Å². The summed E-state index contributed by atoms with van der Waals surface area (Å²) in [5.41, 5.74) is 4.99. The molecule has 1 aliphatic carbocycles. The SMILES string of the molecule is CC(C)=CCCC(C)=CCN1CCn2nc(C(O)C3CC3)cc2C1. The molecule has 0 radical (unpaired) electrons. The summed E-state index contributed by atoms with van der Waals surface area (Å²) >= 11 is 0. The third kappa shape index (κ3) is 4.58. The quantitative estimate of drug-likeness (QED) is 0.773. The monoisotopic (exact) mass is 329 g/mol. The largest absolute Gasteiger partial charge is 0.386 e. The molecule has 1 fully saturated rings. The number of allylic oxidation sites excluding steroid dienone is 3. The highest BCUT2D eigenvalue weighted by molar-refractivity contribution is 5.16. The number of nitrogens with zero attached hydrogens (tertiary/aromatic N) is 3. The molecule has 132 valence electrons. The average Bonchev–Trinajstić information content (AvgIpc) is 3.30. The summed E-state index contributed by atoms with van der Waals surface area (Å²) in [6.07, 6.45) is 8.90. The minimum absolute atomic E-state index is 0.353. The van der Waals surface area contributed by atoms with Crippen LogP contribution in [0.15, 0.2) is 29.4 Å². The average molecular weight is 329 g/mol. The van der Waals surface area contributed by atoms with Crippen LogP contribution >= 0.6 is 0 Å². The second-order valence-electron chi connectivity index (χ2n) is 7.67. The lowest BCUT2D eigenvalue weighted by Gasteiger charge is -2.26. The molecule has 1 aromatic rings. The van der Waals surface area contributed by atoms with Gasteiger partial charge in [0.1, 0.15) is 6.10 Å². The topological polar surface area (TPSA) is 41.3 Å². The normalized spacial score (nSPS) is 19.9. The van der Waals surface area contributed by atoms with Crippen molar-refractivity contribution >= 4 is 0 Å². The van der Waals surface area contributed by atoms with Gasteiger partial charge in [-0.1, -0.05) is 23.3 Å². The number of fused-ring (bicyclic) bond motifs is 1. The molecule has 0 saturated heterocycles. The van der Waals surface area contributed by atoms with Crippen molar-refractivity contribution in [3.63, 3.8) is 0 Å². The minimum Gasteiger partial charge on any atom is -0.386 e. The van der Waals surface area contributed by atoms with Crippen molar-refractivity contribution in [3.05, 3.63) is 40.8 Å². The van der Waals surface area contributed by atoms with Crippen LogP contribution < -0.4 is 0 Å². The third-order valence-electron chi connectivity index (χ3n) is 5.06. The Bertz CT molecular complexity index is 621. The molecule has 24 heavy (non-hydrogen) atoms. The first-order valence-electron chi connectivity index (χ1n) is 9.29. The zero-order valence-corrected chi connectivity index (χ0v) is 15.3. The van der Waals surface area contributed by atoms with Gasteiger partial charge in [-0.2, -0.15) is 5.10 Å². The van der Waals surface area contributed by atoms with Gasteiger partial charge in [0.2, 0.25) is 0 Å². The number of aliphatic hydroxyl groups is 1. The number of aromatic nitrogens is 2. The lowest BCUT2D eigenvalue weighted by atomic mass is 10.1. The van der Waals surface area contributed by atoms with E-state index in [-0.39, 0.29) is 6.10 Å². The van der Waals surface area contributed by atoms with Gasteiger partial charge in [0.25, 0.3) is 0 Å². The second kappa shape index (κ2) is 7.66. The fourth-order valence-corrected chi connectivity index (χ4v) is 3.27. The molecule has 4 heteroatoms. The Hall–Kier alpha value is -1.39. The fourth-order valence-electron chi connectivity index (χ4n) is 3.27. The van der Waals surface area contributed by atoms with Crippen LogP contribution in [0.1, 0.15) is 63.9 Å². The van der Waals surface area contributed by atoms with E-state index in [0.29, 0.717) is 5.92 Å². The molecule has 0 bridgehead atoms. The first kappa shape index (κ1) is 17.4. The van der Waals surface area contributed by atoms with Crippen LogP contribution in [0, 0.1) is 5.92 Å². The molecule has 1 atom stereocenters. The van der Waals surface area contributed by atoms with E-state index in [0.717, 1.165) is 57.6 Å². The van der Waals surface area contributed by atoms with Gasteiger partial charge in [0.15, 0.2) is 0 Å². The van der Waals surface area contributed by atoms with Crippen molar-refractivity contribution in [2.75, 3.05) is 13.1 Å². The maximum Gasteiger partial charge on any atom is 0.101 e. The second-order valence-corrected chi connectivity index (χ2v) is 7.67. The zero-order chi connectivity index (χ0) is 17.1. The van der Waals surface area contributed by atoms with Crippen LogP contribution in [0.3, 0.4) is 0 Å². The molecule has 2 aliphatic rings. The summed E-state index contributed by atoms with van der Waals surface area (Å²) in [7, 11) is 0. The van der Waals surface area contributed by atoms with Crippen molar-refractivity contribution in [1.29, 1.82) is 0 Å². The number of hydrogen-bond acceptors (Lipinski definition) is 3. The van der Waals surface area contributed by atoms with Crippen LogP contribution in [0.5, 0.6) is 0 Å². The van der Waals surface area contributed by atoms with Crippen LogP contribution in [0.4, 0.5) is 0 Å². The van der Waals surface area contributed by atoms with Gasteiger partial charge < -0.3 is 5.11 Å². The van der Waals surface area contributed by atoms with E-state index in [1.165, 1.54) is 16.8 Å². The number of rotatable bonds is 7. The Morgan fingerprint density at radius 3 is 2.79 bits per heavy atom. The molecule has 4 nitrogen and oxygen atoms in total. The predicted octanol–water partition coefficient (Wildman–Crippen LogP) is 3.83. The van der Waals surface area contributed by atoms with Crippen molar-refractivity contribution in [2.45, 2.75) is 65.6 Å². The molecule has 1 unspecified atom stereocenters. The van der Waals surface area contributed by atoms with Crippen LogP contribution in [0.2, 0.25) is 0 Å². The Labute approximate surface area is 145 Å². The van der Waals surface area contributed by atoms with Gasteiger partial charge in [-0.15, -0.1) is 0 Å². The van der Waals surface area contributed by atoms with Gasteiger partial charge in [-0.05, 0) is 58.4 Å². The Balaban J connectivity index is 1.52. The predicted molar refractivity (Wildman–Crippen MR) is 97.6 cm³/mol. The van der Waals surface area contributed by atoms with Gasteiger partial charge in [-0.3, -0.25) is 9.58 Å². The highest BCUT2D eigenvalue weighted by atomic mass is 16.3. The van der Waals surface area contributed by atoms with Gasteiger partial charge in [0.05, 0.1) is 17.9 Å². The van der Waals surface area contributed by atoms with Gasteiger partial charge in [-0.25, -0.2) is 0 Å². The number of aliphatic hydroxyl groups excluding tert-OH is 1. The molecule has 1 saturated carbocycles. The molecule has 1 aliphatic heterocycles. The van der Waals surface area contributed by atoms with Gasteiger partial charge >= 0.3 is 0 Å². The van der Waals surface area contributed by atoms with E-state index in [1.807, 2.05) is 0 Å². The number of hydrogen-bond donors (Lipinski definition) is 1. The lowest BCUT2D eigenvalue weighted by Crippen LogP contribution is -2.34. The molecular weight excluding hydrogens is 298 g/mol. The summed E-state index contributed by atoms with van der Waals surface area (Å²) in [6, 6.07) is 2.11. The van der Waals surface area contributed by atoms with E-state index < -0.39 is 0 Å². The summed E-state index contributed by atoms with van der Waals surface area (Å²) in [4.78, 5) is 2.47. The highest BCUT2D eigenvalue weighted by Gasteiger charge is 2.33. The smallest absolute Gasteiger partial charge is 0.101 e. The lowest BCUT2D eigenvalue weighted by molar-refractivity contribution is 0.147. The summed E-state index contributed by atoms with van der Waals surface area (Å²) in [6.45, 7) is 10.4. The third-order valence-corrected chi connectivity index (χ3v) is 5.06. The fraction of sp³-hybridized carbons (Fsp3) is 0.650. The van der Waals surface area contributed by atoms with Crippen LogP contribution in [-0.4, -0.2) is 32.9 Å². The zero-order valence-electron chi connectivity index (χ0n) is 15.3. The maximum atomic E-state index is 10.3. The van der Waals surface area contributed by atoms with E-state index in [9.17, 15) is 5.11 Å². The van der Waals surface area contributed by atoms with Crippen molar-refractivity contribution in [3.8, 4) is 0 Å². The van der Waals surface area contributed by atoms with E-state index in [4.69, 9.17) is 0 Å². The first-order valence-corrected chi connectivity index (χ1v) is 9.29. The molecule has 1 aromatic heterocycles. The summed E-state index contributed by atoms with van der Waals surface area (Å²) in [5, 5.41) is 14.9. The summed E-state index contributed by atoms with van der Waals surface area (Å²) in [5.74, 6) is 0.449. The molecular formula is C20H31N3O. The van der Waals surface area contributed by atoms with E-state index in [2.05, 4.69) is 53.7 Å². The standard InChI is InChI=1S/C20H31N3O/c1-15(2)5-4-6-16(3)9-10-22-11-12-23-18(14-22)13-19(21-23)20(24)17-7-8-17/h5,9,13,17,20,24H,4,6-8,10-12,14H2,1-3H3. The molecule has 1 N–H and O–H groups in total. The summed E-state index contributed by atoms with van der Waals surface area (Å²) < 4.78 is 2.09. The Morgan fingerprint density at radius 1 is 1.29 bits per heavy atom. The molecule has 3 rings (SSSR count). The highest BCUT2D eigenvalue weighted by Crippen LogP contribution is 2.40. The first-order chi connectivity index (χ1) is 11.5. The Kier molecular flexibility index (Phi) is 5.57. The Morgan fingerprint density at radius 2 is 2.08 bits per heavy atom.